The first-order valence-corrected chi connectivity index (χ1v) is 10.00. The van der Waals surface area contributed by atoms with Crippen LogP contribution in [0.25, 0.3) is 28.2 Å². The van der Waals surface area contributed by atoms with Crippen LogP contribution in [0.4, 0.5) is 0 Å². The fourth-order valence-corrected chi connectivity index (χ4v) is 3.69. The normalized spacial score (nSPS) is 11.3. The quantitative estimate of drug-likeness (QED) is 0.284. The standard InChI is InChI=1S/C25H23N3O3/c1-16-19(17(2)28(3)27-16)13-14-23(30)31-15-22(29)24-20-11-7-8-12-21(20)26-25(24)18-9-5-4-6-10-18/h4-14,26H,15H2,1-3H3/b14-13+. The summed E-state index contributed by atoms with van der Waals surface area (Å²) in [6.07, 6.45) is 3.00. The first-order valence-electron chi connectivity index (χ1n) is 10.00. The average molecular weight is 413 g/mol. The summed E-state index contributed by atoms with van der Waals surface area (Å²) in [7, 11) is 1.85. The number of aromatic nitrogens is 3. The number of hydrogen-bond donors (Lipinski definition) is 1. The molecule has 2 aromatic carbocycles. The maximum Gasteiger partial charge on any atom is 0.331 e. The van der Waals surface area contributed by atoms with Crippen LogP contribution in [-0.4, -0.2) is 33.1 Å². The molecule has 0 aliphatic heterocycles. The monoisotopic (exact) mass is 413 g/mol. The second kappa shape index (κ2) is 8.44. The van der Waals surface area contributed by atoms with E-state index in [1.165, 1.54) is 6.08 Å². The molecule has 0 spiro atoms. The Kier molecular flexibility index (Phi) is 5.54. The number of esters is 1. The van der Waals surface area contributed by atoms with Gasteiger partial charge in [-0.2, -0.15) is 5.10 Å². The van der Waals surface area contributed by atoms with Gasteiger partial charge in [-0.15, -0.1) is 0 Å². The number of rotatable bonds is 6. The first-order chi connectivity index (χ1) is 15.0. The van der Waals surface area contributed by atoms with Gasteiger partial charge in [0.05, 0.1) is 17.0 Å². The van der Waals surface area contributed by atoms with Crippen LogP contribution in [0.15, 0.2) is 60.7 Å². The molecule has 4 aromatic rings. The number of aryl methyl sites for hydroxylation is 2. The lowest BCUT2D eigenvalue weighted by Crippen LogP contribution is -2.13. The van der Waals surface area contributed by atoms with Gasteiger partial charge in [-0.1, -0.05) is 48.5 Å². The van der Waals surface area contributed by atoms with Crippen molar-refractivity contribution in [1.29, 1.82) is 0 Å². The third-order valence-corrected chi connectivity index (χ3v) is 5.34. The van der Waals surface area contributed by atoms with E-state index in [4.69, 9.17) is 4.74 Å². The smallest absolute Gasteiger partial charge is 0.331 e. The summed E-state index contributed by atoms with van der Waals surface area (Å²) in [5.74, 6) is -0.830. The van der Waals surface area contributed by atoms with Crippen LogP contribution in [0.5, 0.6) is 0 Å². The van der Waals surface area contributed by atoms with Crippen molar-refractivity contribution in [2.75, 3.05) is 6.61 Å². The van der Waals surface area contributed by atoms with Crippen LogP contribution in [0, 0.1) is 13.8 Å². The number of H-pyrrole nitrogens is 1. The van der Waals surface area contributed by atoms with Crippen LogP contribution in [0.1, 0.15) is 27.3 Å². The van der Waals surface area contributed by atoms with Crippen molar-refractivity contribution in [3.63, 3.8) is 0 Å². The summed E-state index contributed by atoms with van der Waals surface area (Å²) in [4.78, 5) is 28.6. The van der Waals surface area contributed by atoms with Crippen LogP contribution in [0.3, 0.4) is 0 Å². The van der Waals surface area contributed by atoms with Gasteiger partial charge in [0.1, 0.15) is 0 Å². The van der Waals surface area contributed by atoms with Crippen molar-refractivity contribution in [2.24, 2.45) is 7.05 Å². The molecule has 0 radical (unpaired) electrons. The molecule has 0 unspecified atom stereocenters. The van der Waals surface area contributed by atoms with Crippen molar-refractivity contribution in [2.45, 2.75) is 13.8 Å². The van der Waals surface area contributed by atoms with Crippen LogP contribution in [-0.2, 0) is 16.6 Å². The highest BCUT2D eigenvalue weighted by Gasteiger charge is 2.20. The van der Waals surface area contributed by atoms with Gasteiger partial charge in [0.25, 0.3) is 0 Å². The van der Waals surface area contributed by atoms with Gasteiger partial charge in [-0.25, -0.2) is 4.79 Å². The highest BCUT2D eigenvalue weighted by molar-refractivity contribution is 6.14. The zero-order chi connectivity index (χ0) is 22.0. The van der Waals surface area contributed by atoms with Gasteiger partial charge in [0.2, 0.25) is 5.78 Å². The van der Waals surface area contributed by atoms with E-state index < -0.39 is 5.97 Å². The number of hydrogen-bond acceptors (Lipinski definition) is 4. The Hall–Kier alpha value is -3.93. The minimum atomic E-state index is -0.572. The third kappa shape index (κ3) is 4.05. The second-order valence-corrected chi connectivity index (χ2v) is 7.36. The summed E-state index contributed by atoms with van der Waals surface area (Å²) >= 11 is 0. The van der Waals surface area contributed by atoms with E-state index in [1.54, 1.807) is 10.8 Å². The Bertz CT molecular complexity index is 1300. The predicted molar refractivity (Wildman–Crippen MR) is 121 cm³/mol. The highest BCUT2D eigenvalue weighted by atomic mass is 16.5. The Morgan fingerprint density at radius 1 is 1.06 bits per heavy atom. The fourth-order valence-electron chi connectivity index (χ4n) is 3.69. The van der Waals surface area contributed by atoms with E-state index in [0.29, 0.717) is 5.56 Å². The maximum atomic E-state index is 13.1. The summed E-state index contributed by atoms with van der Waals surface area (Å²) in [6, 6.07) is 17.2. The lowest BCUT2D eigenvalue weighted by Gasteiger charge is -2.05. The number of aromatic amines is 1. The van der Waals surface area contributed by atoms with Gasteiger partial charge in [0.15, 0.2) is 6.61 Å². The van der Waals surface area contributed by atoms with E-state index in [9.17, 15) is 9.59 Å². The van der Waals surface area contributed by atoms with Gasteiger partial charge < -0.3 is 9.72 Å². The fraction of sp³-hybridized carbons (Fsp3) is 0.160. The summed E-state index contributed by atoms with van der Waals surface area (Å²) in [6.45, 7) is 3.47. The first kappa shape index (κ1) is 20.3. The molecule has 1 N–H and O–H groups in total. The van der Waals surface area contributed by atoms with Gasteiger partial charge >= 0.3 is 5.97 Å². The summed E-state index contributed by atoms with van der Waals surface area (Å²) in [5, 5.41) is 5.12. The molecular formula is C25H23N3O3. The van der Waals surface area contributed by atoms with Crippen molar-refractivity contribution in [3.8, 4) is 11.3 Å². The number of nitrogens with one attached hydrogen (secondary N) is 1. The maximum absolute atomic E-state index is 13.1. The molecule has 31 heavy (non-hydrogen) atoms. The second-order valence-electron chi connectivity index (χ2n) is 7.36. The zero-order valence-corrected chi connectivity index (χ0v) is 17.7. The van der Waals surface area contributed by atoms with E-state index in [2.05, 4.69) is 10.1 Å². The number of carbonyl (C=O) groups is 2. The molecule has 0 atom stereocenters. The van der Waals surface area contributed by atoms with Gasteiger partial charge in [-0.05, 0) is 31.6 Å². The van der Waals surface area contributed by atoms with Crippen molar-refractivity contribution < 1.29 is 14.3 Å². The van der Waals surface area contributed by atoms with E-state index in [1.807, 2.05) is 75.5 Å². The molecule has 4 rings (SSSR count). The topological polar surface area (TPSA) is 77.0 Å². The number of ketones is 1. The molecule has 6 heteroatoms. The molecule has 0 bridgehead atoms. The minimum Gasteiger partial charge on any atom is -0.454 e. The molecule has 0 saturated carbocycles. The van der Waals surface area contributed by atoms with E-state index in [0.717, 1.165) is 39.1 Å². The number of Topliss-reactive ketones (excluding diaryl/α,β-unsaturated/α-hetero) is 1. The number of para-hydroxylation sites is 1. The molecular weight excluding hydrogens is 390 g/mol. The Morgan fingerprint density at radius 2 is 1.77 bits per heavy atom. The Morgan fingerprint density at radius 3 is 2.48 bits per heavy atom. The molecule has 0 amide bonds. The van der Waals surface area contributed by atoms with Crippen LogP contribution >= 0.6 is 0 Å². The molecule has 0 saturated heterocycles. The lowest BCUT2D eigenvalue weighted by atomic mass is 10.0. The van der Waals surface area contributed by atoms with Gasteiger partial charge in [0, 0.05) is 35.3 Å². The highest BCUT2D eigenvalue weighted by Crippen LogP contribution is 2.30. The lowest BCUT2D eigenvalue weighted by molar-refractivity contribution is -0.136. The number of fused-ring (bicyclic) bond motifs is 1. The molecule has 0 aliphatic rings. The molecule has 156 valence electrons. The zero-order valence-electron chi connectivity index (χ0n) is 17.7. The molecule has 2 aromatic heterocycles. The number of benzene rings is 2. The Labute approximate surface area is 180 Å². The molecule has 0 fully saturated rings. The molecule has 6 nitrogen and oxygen atoms in total. The van der Waals surface area contributed by atoms with Crippen LogP contribution in [0.2, 0.25) is 0 Å². The van der Waals surface area contributed by atoms with Gasteiger partial charge in [-0.3, -0.25) is 9.48 Å². The average Bonchev–Trinajstić information content (AvgIpc) is 3.28. The minimum absolute atomic E-state index is 0.258. The number of ether oxygens (including phenoxy) is 1. The summed E-state index contributed by atoms with van der Waals surface area (Å²) < 4.78 is 7.02. The van der Waals surface area contributed by atoms with Crippen molar-refractivity contribution in [1.82, 2.24) is 14.8 Å². The van der Waals surface area contributed by atoms with Crippen molar-refractivity contribution in [3.05, 3.63) is 83.2 Å². The molecule has 0 aliphatic carbocycles. The SMILES string of the molecule is Cc1nn(C)c(C)c1/C=C/C(=O)OCC(=O)c1c(-c2ccccc2)[nH]c2ccccc12. The van der Waals surface area contributed by atoms with Crippen LogP contribution < -0.4 is 0 Å². The predicted octanol–water partition coefficient (Wildman–Crippen LogP) is 4.62. The largest absolute Gasteiger partial charge is 0.454 e. The van der Waals surface area contributed by atoms with E-state index in [-0.39, 0.29) is 12.4 Å². The molecule has 2 heterocycles. The third-order valence-electron chi connectivity index (χ3n) is 5.34. The van der Waals surface area contributed by atoms with E-state index >= 15 is 0 Å². The number of nitrogens with zero attached hydrogens (tertiary/aromatic N) is 2. The summed E-state index contributed by atoms with van der Waals surface area (Å²) in [5.41, 5.74) is 5.65. The van der Waals surface area contributed by atoms with Crippen molar-refractivity contribution >= 4 is 28.7 Å². The Balaban J connectivity index is 1.55. The number of carbonyl (C=O) groups excluding carboxylic acids is 2.